The van der Waals surface area contributed by atoms with E-state index in [9.17, 15) is 0 Å². The minimum absolute atomic E-state index is 0.0980. The molecule has 0 heterocycles. The fraction of sp³-hybridized carbons (Fsp3) is 0.500. The number of nitrogens with zero attached hydrogens (tertiary/aromatic N) is 1. The van der Waals surface area contributed by atoms with E-state index >= 15 is 0 Å². The molecule has 1 rings (SSSR count). The van der Waals surface area contributed by atoms with Gasteiger partial charge in [-0.3, -0.25) is 0 Å². The van der Waals surface area contributed by atoms with Crippen LogP contribution in [0.25, 0.3) is 0 Å². The number of hydrogen-bond donors (Lipinski definition) is 3. The quantitative estimate of drug-likeness (QED) is 0.301. The molecule has 0 bridgehead atoms. The molecule has 0 fully saturated rings. The van der Waals surface area contributed by atoms with Crippen molar-refractivity contribution in [3.8, 4) is 0 Å². The van der Waals surface area contributed by atoms with Crippen molar-refractivity contribution in [3.63, 3.8) is 0 Å². The topological polar surface area (TPSA) is 70.6 Å². The van der Waals surface area contributed by atoms with Crippen LogP contribution in [-0.4, -0.2) is 17.6 Å². The fourth-order valence-electron chi connectivity index (χ4n) is 1.79. The average Bonchev–Trinajstić information content (AvgIpc) is 2.38. The second kappa shape index (κ2) is 7.71. The Kier molecular flexibility index (Phi) is 6.22. The first-order valence-electron chi connectivity index (χ1n) is 6.38. The molecule has 0 spiro atoms. The van der Waals surface area contributed by atoms with E-state index in [1.807, 2.05) is 18.2 Å². The summed E-state index contributed by atoms with van der Waals surface area (Å²) in [6, 6.07) is 10.2. The summed E-state index contributed by atoms with van der Waals surface area (Å²) in [6.07, 6.45) is 1.62. The van der Waals surface area contributed by atoms with Gasteiger partial charge >= 0.3 is 0 Å². The predicted molar refractivity (Wildman–Crippen MR) is 74.7 cm³/mol. The molecular weight excluding hydrogens is 226 g/mol. The first-order valence-corrected chi connectivity index (χ1v) is 6.38. The van der Waals surface area contributed by atoms with Crippen molar-refractivity contribution < 1.29 is 5.21 Å². The maximum absolute atomic E-state index is 8.68. The number of oxime groups is 1. The van der Waals surface area contributed by atoms with Gasteiger partial charge in [0.2, 0.25) is 0 Å². The van der Waals surface area contributed by atoms with Crippen molar-refractivity contribution in [2.24, 2.45) is 16.8 Å². The molecule has 0 aliphatic carbocycles. The summed E-state index contributed by atoms with van der Waals surface area (Å²) in [4.78, 5) is 0. The Labute approximate surface area is 109 Å². The van der Waals surface area contributed by atoms with E-state index in [-0.39, 0.29) is 11.9 Å². The first-order chi connectivity index (χ1) is 8.63. The standard InChI is InChI=1S/C14H23N3O/c1-11(2)8-9-16-13(10-14(15)17-18)12-6-4-3-5-7-12/h3-7,11,13,16,18H,8-10H2,1-2H3,(H2,15,17). The molecule has 100 valence electrons. The molecule has 1 atom stereocenters. The molecule has 4 heteroatoms. The Balaban J connectivity index is 2.64. The van der Waals surface area contributed by atoms with Crippen LogP contribution in [0.2, 0.25) is 0 Å². The van der Waals surface area contributed by atoms with E-state index in [1.165, 1.54) is 0 Å². The molecule has 0 aliphatic heterocycles. The average molecular weight is 249 g/mol. The van der Waals surface area contributed by atoms with Crippen molar-refractivity contribution in [3.05, 3.63) is 35.9 Å². The van der Waals surface area contributed by atoms with Crippen LogP contribution in [-0.2, 0) is 0 Å². The van der Waals surface area contributed by atoms with Crippen molar-refractivity contribution in [1.29, 1.82) is 0 Å². The minimum Gasteiger partial charge on any atom is -0.409 e. The normalized spacial score (nSPS) is 13.8. The van der Waals surface area contributed by atoms with Crippen LogP contribution in [0.15, 0.2) is 35.5 Å². The van der Waals surface area contributed by atoms with Crippen LogP contribution in [0.5, 0.6) is 0 Å². The summed E-state index contributed by atoms with van der Waals surface area (Å²) in [5.74, 6) is 0.915. The van der Waals surface area contributed by atoms with Crippen molar-refractivity contribution in [2.45, 2.75) is 32.7 Å². The molecule has 4 nitrogen and oxygen atoms in total. The summed E-state index contributed by atoms with van der Waals surface area (Å²) in [6.45, 7) is 5.32. The van der Waals surface area contributed by atoms with Gasteiger partial charge in [0.05, 0.1) is 0 Å². The number of benzene rings is 1. The summed E-state index contributed by atoms with van der Waals surface area (Å²) < 4.78 is 0. The number of nitrogens with one attached hydrogen (secondary N) is 1. The molecule has 1 aromatic carbocycles. The second-order valence-corrected chi connectivity index (χ2v) is 4.90. The number of amidine groups is 1. The maximum Gasteiger partial charge on any atom is 0.141 e. The third kappa shape index (κ3) is 5.19. The highest BCUT2D eigenvalue weighted by molar-refractivity contribution is 5.80. The third-order valence-electron chi connectivity index (χ3n) is 2.86. The molecule has 0 aromatic heterocycles. The van der Waals surface area contributed by atoms with Gasteiger partial charge in [0.15, 0.2) is 0 Å². The lowest BCUT2D eigenvalue weighted by Gasteiger charge is -2.19. The number of nitrogens with two attached hydrogens (primary N) is 1. The van der Waals surface area contributed by atoms with Crippen LogP contribution in [0.4, 0.5) is 0 Å². The summed E-state index contributed by atoms with van der Waals surface area (Å²) >= 11 is 0. The predicted octanol–water partition coefficient (Wildman–Crippen LogP) is 2.50. The molecule has 0 radical (unpaired) electrons. The molecule has 0 aliphatic rings. The molecule has 1 aromatic rings. The molecular formula is C14H23N3O. The largest absolute Gasteiger partial charge is 0.409 e. The summed E-state index contributed by atoms with van der Waals surface area (Å²) in [5, 5.41) is 15.2. The smallest absolute Gasteiger partial charge is 0.141 e. The van der Waals surface area contributed by atoms with E-state index in [1.54, 1.807) is 0 Å². The van der Waals surface area contributed by atoms with Gasteiger partial charge in [-0.25, -0.2) is 0 Å². The van der Waals surface area contributed by atoms with Gasteiger partial charge < -0.3 is 16.3 Å². The Bertz CT molecular complexity index is 363. The SMILES string of the molecule is CC(C)CCNC(CC(N)=NO)c1ccccc1. The minimum atomic E-state index is 0.0980. The van der Waals surface area contributed by atoms with Crippen molar-refractivity contribution in [1.82, 2.24) is 5.32 Å². The highest BCUT2D eigenvalue weighted by atomic mass is 16.4. The van der Waals surface area contributed by atoms with Gasteiger partial charge in [-0.05, 0) is 24.4 Å². The van der Waals surface area contributed by atoms with Gasteiger partial charge in [-0.1, -0.05) is 49.3 Å². The Hall–Kier alpha value is -1.55. The zero-order valence-electron chi connectivity index (χ0n) is 11.1. The van der Waals surface area contributed by atoms with Gasteiger partial charge in [0, 0.05) is 12.5 Å². The molecule has 18 heavy (non-hydrogen) atoms. The zero-order chi connectivity index (χ0) is 13.4. The monoisotopic (exact) mass is 249 g/mol. The molecule has 0 saturated heterocycles. The lowest BCUT2D eigenvalue weighted by Crippen LogP contribution is -2.28. The Morgan fingerprint density at radius 2 is 2.00 bits per heavy atom. The van der Waals surface area contributed by atoms with E-state index < -0.39 is 0 Å². The maximum atomic E-state index is 8.68. The van der Waals surface area contributed by atoms with Crippen LogP contribution >= 0.6 is 0 Å². The van der Waals surface area contributed by atoms with Gasteiger partial charge in [-0.15, -0.1) is 0 Å². The van der Waals surface area contributed by atoms with Crippen LogP contribution in [0.1, 0.15) is 38.3 Å². The Morgan fingerprint density at radius 1 is 1.33 bits per heavy atom. The fourth-order valence-corrected chi connectivity index (χ4v) is 1.79. The van der Waals surface area contributed by atoms with E-state index in [4.69, 9.17) is 10.9 Å². The third-order valence-corrected chi connectivity index (χ3v) is 2.86. The Morgan fingerprint density at radius 3 is 2.56 bits per heavy atom. The van der Waals surface area contributed by atoms with Gasteiger partial charge in [0.25, 0.3) is 0 Å². The lowest BCUT2D eigenvalue weighted by molar-refractivity contribution is 0.315. The van der Waals surface area contributed by atoms with Crippen LogP contribution < -0.4 is 11.1 Å². The van der Waals surface area contributed by atoms with E-state index in [2.05, 4.69) is 36.5 Å². The van der Waals surface area contributed by atoms with Crippen molar-refractivity contribution >= 4 is 5.84 Å². The molecule has 0 saturated carbocycles. The van der Waals surface area contributed by atoms with E-state index in [0.717, 1.165) is 18.5 Å². The highest BCUT2D eigenvalue weighted by Gasteiger charge is 2.12. The second-order valence-electron chi connectivity index (χ2n) is 4.90. The van der Waals surface area contributed by atoms with Crippen LogP contribution in [0, 0.1) is 5.92 Å². The molecule has 4 N–H and O–H groups in total. The summed E-state index contributed by atoms with van der Waals surface area (Å²) in [5.41, 5.74) is 6.76. The van der Waals surface area contributed by atoms with Crippen molar-refractivity contribution in [2.75, 3.05) is 6.54 Å². The van der Waals surface area contributed by atoms with Crippen LogP contribution in [0.3, 0.4) is 0 Å². The van der Waals surface area contributed by atoms with E-state index in [0.29, 0.717) is 12.3 Å². The zero-order valence-corrected chi connectivity index (χ0v) is 11.1. The molecule has 1 unspecified atom stereocenters. The summed E-state index contributed by atoms with van der Waals surface area (Å²) in [7, 11) is 0. The molecule has 0 amide bonds. The van der Waals surface area contributed by atoms with Gasteiger partial charge in [0.1, 0.15) is 5.84 Å². The number of hydrogen-bond acceptors (Lipinski definition) is 3. The number of rotatable bonds is 7. The van der Waals surface area contributed by atoms with Gasteiger partial charge in [-0.2, -0.15) is 0 Å². The lowest BCUT2D eigenvalue weighted by atomic mass is 10.0. The first kappa shape index (κ1) is 14.5. The highest BCUT2D eigenvalue weighted by Crippen LogP contribution is 2.16.